The second kappa shape index (κ2) is 15.2. The molecule has 0 saturated heterocycles. The molecule has 0 saturated carbocycles. The van der Waals surface area contributed by atoms with Gasteiger partial charge in [-0.25, -0.2) is 9.98 Å². The van der Waals surface area contributed by atoms with Crippen molar-refractivity contribution in [2.24, 2.45) is 15.7 Å². The van der Waals surface area contributed by atoms with E-state index in [4.69, 9.17) is 20.7 Å². The monoisotopic (exact) mass is 724 g/mol. The third-order valence-electron chi connectivity index (χ3n) is 9.80. The van der Waals surface area contributed by atoms with Gasteiger partial charge in [-0.15, -0.1) is 11.3 Å². The second-order valence-corrected chi connectivity index (χ2v) is 14.4. The number of pyridine rings is 1. The van der Waals surface area contributed by atoms with Gasteiger partial charge in [-0.1, -0.05) is 170 Å². The highest BCUT2D eigenvalue weighted by Crippen LogP contribution is 2.48. The molecule has 2 heterocycles. The number of benzene rings is 7. The first-order valence-corrected chi connectivity index (χ1v) is 19.2. The van der Waals surface area contributed by atoms with E-state index in [0.29, 0.717) is 23.9 Å². The number of aromatic nitrogens is 1. The van der Waals surface area contributed by atoms with E-state index in [0.717, 1.165) is 22.4 Å². The predicted octanol–water partition coefficient (Wildman–Crippen LogP) is 12.5. The number of aliphatic imine (C=N–C) groups is 2. The summed E-state index contributed by atoms with van der Waals surface area (Å²) >= 11 is 1.85. The first-order valence-electron chi connectivity index (χ1n) is 18.3. The Labute approximate surface area is 324 Å². The summed E-state index contributed by atoms with van der Waals surface area (Å²) in [6, 6.07) is 67.2. The number of amidine groups is 2. The van der Waals surface area contributed by atoms with Gasteiger partial charge in [0.05, 0.1) is 12.2 Å². The van der Waals surface area contributed by atoms with Gasteiger partial charge < -0.3 is 5.73 Å². The molecule has 0 aliphatic carbocycles. The minimum absolute atomic E-state index is 0.308. The third-order valence-corrected chi connectivity index (χ3v) is 11.1. The summed E-state index contributed by atoms with van der Waals surface area (Å²) in [7, 11) is 0. The first kappa shape index (κ1) is 33.9. The van der Waals surface area contributed by atoms with Crippen molar-refractivity contribution in [3.8, 4) is 44.6 Å². The zero-order chi connectivity index (χ0) is 37.0. The van der Waals surface area contributed by atoms with E-state index in [9.17, 15) is 0 Å². The van der Waals surface area contributed by atoms with E-state index in [2.05, 4.69) is 133 Å². The topological polar surface area (TPSA) is 63.6 Å². The lowest BCUT2D eigenvalue weighted by atomic mass is 9.93. The lowest BCUT2D eigenvalue weighted by molar-refractivity contribution is 1.06. The lowest BCUT2D eigenvalue weighted by Gasteiger charge is -2.12. The molecule has 9 aromatic rings. The maximum Gasteiger partial charge on any atom is 0.157 e. The van der Waals surface area contributed by atoms with Crippen molar-refractivity contribution >= 4 is 43.2 Å². The zero-order valence-corrected chi connectivity index (χ0v) is 30.8. The van der Waals surface area contributed by atoms with Crippen LogP contribution in [0.1, 0.15) is 16.8 Å². The van der Waals surface area contributed by atoms with E-state index >= 15 is 0 Å². The maximum absolute atomic E-state index is 6.81. The molecule has 2 aromatic heterocycles. The highest BCUT2D eigenvalue weighted by Gasteiger charge is 2.20. The van der Waals surface area contributed by atoms with E-state index < -0.39 is 0 Å². The summed E-state index contributed by atoms with van der Waals surface area (Å²) < 4.78 is 2.46. The average Bonchev–Trinajstić information content (AvgIpc) is 3.66. The van der Waals surface area contributed by atoms with Crippen molar-refractivity contribution in [3.05, 3.63) is 211 Å². The summed E-state index contributed by atoms with van der Waals surface area (Å²) in [6.45, 7) is 0.488. The van der Waals surface area contributed by atoms with Crippen LogP contribution in [0.15, 0.2) is 204 Å². The normalized spacial score (nSPS) is 12.0. The Morgan fingerprint density at radius 3 is 1.76 bits per heavy atom. The van der Waals surface area contributed by atoms with Gasteiger partial charge in [-0.05, 0) is 57.6 Å². The van der Waals surface area contributed by atoms with Crippen LogP contribution in [0.4, 0.5) is 0 Å². The van der Waals surface area contributed by atoms with Crippen molar-refractivity contribution in [3.63, 3.8) is 0 Å². The standard InChI is InChI=1S/C50H36N4S/c51-49(54-50(38-25-14-5-15-26-38)52-33-34-17-6-1-7-18-34)45-28-16-27-44(53-45)41-30-29-40(36-21-10-3-11-22-36)48-46(41)43-32-39(35-19-8-2-9-20-35)31-42(47(43)55-48)37-23-12-4-13-24-37/h1-32H,33H2,(H2,51,52,54). The molecule has 0 unspecified atom stereocenters. The first-order chi connectivity index (χ1) is 27.2. The summed E-state index contributed by atoms with van der Waals surface area (Å²) in [6.07, 6.45) is 0. The van der Waals surface area contributed by atoms with Crippen LogP contribution in [0.25, 0.3) is 64.8 Å². The van der Waals surface area contributed by atoms with Gasteiger partial charge in [0.1, 0.15) is 5.69 Å². The average molecular weight is 725 g/mol. The highest BCUT2D eigenvalue weighted by molar-refractivity contribution is 7.27. The predicted molar refractivity (Wildman–Crippen MR) is 233 cm³/mol. The SMILES string of the molecule is NC(=NC(=NCc1ccccc1)c1ccccc1)c1cccc(-c2ccc(-c3ccccc3)c3sc4c(-c5ccccc5)cc(-c5ccccc5)cc4c23)n1. The van der Waals surface area contributed by atoms with Gasteiger partial charge in [0.15, 0.2) is 11.7 Å². The Morgan fingerprint density at radius 2 is 1.09 bits per heavy atom. The second-order valence-electron chi connectivity index (χ2n) is 13.4. The van der Waals surface area contributed by atoms with Crippen LogP contribution >= 0.6 is 11.3 Å². The fraction of sp³-hybridized carbons (Fsp3) is 0.0200. The summed E-state index contributed by atoms with van der Waals surface area (Å²) in [5, 5.41) is 2.37. The number of nitrogens with zero attached hydrogens (tertiary/aromatic N) is 3. The molecule has 262 valence electrons. The molecular formula is C50H36N4S. The smallest absolute Gasteiger partial charge is 0.157 e. The Balaban J connectivity index is 1.24. The number of thiophene rings is 1. The number of nitrogens with two attached hydrogens (primary N) is 1. The summed E-state index contributed by atoms with van der Waals surface area (Å²) in [5.74, 6) is 0.872. The largest absolute Gasteiger partial charge is 0.382 e. The van der Waals surface area contributed by atoms with Crippen LogP contribution in [-0.2, 0) is 6.54 Å². The van der Waals surface area contributed by atoms with Crippen molar-refractivity contribution in [1.82, 2.24) is 4.98 Å². The number of hydrogen-bond acceptors (Lipinski definition) is 3. The molecule has 2 N–H and O–H groups in total. The molecular weight excluding hydrogens is 689 g/mol. The van der Waals surface area contributed by atoms with Gasteiger partial charge in [0, 0.05) is 36.9 Å². The molecule has 0 radical (unpaired) electrons. The molecule has 0 spiro atoms. The Kier molecular flexibility index (Phi) is 9.35. The molecule has 4 nitrogen and oxygen atoms in total. The van der Waals surface area contributed by atoms with Crippen molar-refractivity contribution in [2.75, 3.05) is 0 Å². The van der Waals surface area contributed by atoms with Gasteiger partial charge in [-0.2, -0.15) is 0 Å². The molecule has 0 aliphatic heterocycles. The molecule has 9 rings (SSSR count). The van der Waals surface area contributed by atoms with Crippen LogP contribution in [0, 0.1) is 0 Å². The molecule has 0 fully saturated rings. The minimum Gasteiger partial charge on any atom is -0.382 e. The van der Waals surface area contributed by atoms with E-state index in [1.807, 2.05) is 72.0 Å². The van der Waals surface area contributed by atoms with Gasteiger partial charge in [0.2, 0.25) is 0 Å². The fourth-order valence-electron chi connectivity index (χ4n) is 7.10. The van der Waals surface area contributed by atoms with Crippen molar-refractivity contribution < 1.29 is 0 Å². The van der Waals surface area contributed by atoms with Crippen LogP contribution in [0.3, 0.4) is 0 Å². The van der Waals surface area contributed by atoms with Crippen molar-refractivity contribution in [1.29, 1.82) is 0 Å². The quantitative estimate of drug-likeness (QED) is 0.125. The minimum atomic E-state index is 0.308. The van der Waals surface area contributed by atoms with Gasteiger partial charge in [0.25, 0.3) is 0 Å². The Bertz CT molecular complexity index is 2810. The molecule has 0 bridgehead atoms. The lowest BCUT2D eigenvalue weighted by Crippen LogP contribution is -2.18. The molecule has 0 amide bonds. The fourth-order valence-corrected chi connectivity index (χ4v) is 8.48. The van der Waals surface area contributed by atoms with Crippen LogP contribution in [0.2, 0.25) is 0 Å². The van der Waals surface area contributed by atoms with Crippen LogP contribution in [-0.4, -0.2) is 16.7 Å². The van der Waals surface area contributed by atoms with E-state index in [1.165, 1.54) is 53.6 Å². The maximum atomic E-state index is 6.81. The van der Waals surface area contributed by atoms with E-state index in [1.54, 1.807) is 0 Å². The number of hydrogen-bond donors (Lipinski definition) is 1. The molecule has 55 heavy (non-hydrogen) atoms. The Hall–Kier alpha value is -6.95. The zero-order valence-electron chi connectivity index (χ0n) is 30.0. The number of rotatable bonds is 8. The number of fused-ring (bicyclic) bond motifs is 3. The van der Waals surface area contributed by atoms with Gasteiger partial charge in [-0.3, -0.25) is 4.99 Å². The van der Waals surface area contributed by atoms with E-state index in [-0.39, 0.29) is 0 Å². The highest BCUT2D eigenvalue weighted by atomic mass is 32.1. The molecule has 0 atom stereocenters. The van der Waals surface area contributed by atoms with Crippen LogP contribution in [0.5, 0.6) is 0 Å². The van der Waals surface area contributed by atoms with Crippen LogP contribution < -0.4 is 5.73 Å². The molecule has 0 aliphatic rings. The molecule has 5 heteroatoms. The summed E-state index contributed by atoms with van der Waals surface area (Å²) in [4.78, 5) is 15.0. The molecule has 7 aromatic carbocycles. The van der Waals surface area contributed by atoms with Crippen molar-refractivity contribution in [2.45, 2.75) is 6.54 Å². The summed E-state index contributed by atoms with van der Waals surface area (Å²) in [5.41, 5.74) is 18.4. The van der Waals surface area contributed by atoms with Gasteiger partial charge >= 0.3 is 0 Å². The Morgan fingerprint density at radius 1 is 0.509 bits per heavy atom. The third kappa shape index (κ3) is 6.97.